The molecule has 16 N–H and O–H groups in total. The maximum absolute atomic E-state index is 13.4. The van der Waals surface area contributed by atoms with E-state index in [1.165, 1.54) is 0 Å². The van der Waals surface area contributed by atoms with E-state index in [-0.39, 0.29) is 0 Å². The fourth-order valence-corrected chi connectivity index (χ4v) is 12.2. The molecule has 15 unspecified atom stereocenters. The summed E-state index contributed by atoms with van der Waals surface area (Å²) in [6, 6.07) is -7.02. The predicted molar refractivity (Wildman–Crippen MR) is 297 cm³/mol. The maximum Gasteiger partial charge on any atom is 0.397 e. The summed E-state index contributed by atoms with van der Waals surface area (Å²) >= 11 is -11.2. The number of rotatable bonds is 34. The van der Waals surface area contributed by atoms with Gasteiger partial charge in [-0.1, -0.05) is 0 Å². The van der Waals surface area contributed by atoms with Crippen LogP contribution in [0, 0.1) is 0 Å². The van der Waals surface area contributed by atoms with E-state index in [2.05, 4.69) is 41.1 Å². The van der Waals surface area contributed by atoms with E-state index in [0.29, 0.717) is 6.92 Å². The molecular weight excluding hydrogens is 1570 g/mol. The first kappa shape index (κ1) is 87.7. The lowest BCUT2D eigenvalue weighted by Gasteiger charge is -2.51. The van der Waals surface area contributed by atoms with Crippen LogP contribution in [0.4, 0.5) is 0 Å². The maximum atomic E-state index is 13.4. The summed E-state index contributed by atoms with van der Waals surface area (Å²) in [5.74, 6) is -10.1. The number of carbonyl (C=O) groups is 6. The number of carboxylic acid groups (broad SMARTS) is 3. The van der Waals surface area contributed by atoms with Crippen molar-refractivity contribution in [2.24, 2.45) is 0 Å². The molecule has 0 aromatic rings. The molecule has 33 atom stereocenters. The van der Waals surface area contributed by atoms with Gasteiger partial charge in [-0.2, -0.15) is 25.3 Å². The molecule has 6 heterocycles. The Morgan fingerprint density at radius 2 is 0.650 bits per heavy atom. The molecule has 0 spiro atoms. The van der Waals surface area contributed by atoms with Crippen LogP contribution in [-0.2, 0) is 186 Å². The molecule has 6 saturated heterocycles. The number of ether oxygens (including phenoxy) is 11. The van der Waals surface area contributed by atoms with E-state index in [1.54, 1.807) is 0 Å². The van der Waals surface area contributed by atoms with E-state index in [1.807, 2.05) is 5.32 Å². The molecular formula is C43H64N3O51S6-3. The smallest absolute Gasteiger partial charge is 0.397 e. The Hall–Kier alpha value is -4.20. The number of aliphatic carboxylic acids is 3. The molecule has 6 rings (SSSR count). The number of aliphatic hydroxyl groups is 7. The normalized spacial score (nSPS) is 39.9. The summed E-state index contributed by atoms with van der Waals surface area (Å²) in [5, 5.41) is 118. The number of carboxylic acids is 3. The van der Waals surface area contributed by atoms with Crippen molar-refractivity contribution in [3.8, 4) is 0 Å². The third kappa shape index (κ3) is 24.1. The van der Waals surface area contributed by atoms with Gasteiger partial charge >= 0.3 is 49.1 Å². The van der Waals surface area contributed by atoms with E-state index < -0.39 is 305 Å². The van der Waals surface area contributed by atoms with Crippen molar-refractivity contribution < 1.29 is 237 Å². The van der Waals surface area contributed by atoms with Gasteiger partial charge in [0.15, 0.2) is 68.1 Å². The van der Waals surface area contributed by atoms with Crippen LogP contribution in [0.2, 0.25) is 0 Å². The third-order valence-corrected chi connectivity index (χ3v) is 16.8. The second-order valence-electron chi connectivity index (χ2n) is 22.0. The van der Waals surface area contributed by atoms with Gasteiger partial charge in [0.2, 0.25) is 17.7 Å². The van der Waals surface area contributed by atoms with Crippen LogP contribution in [0.1, 0.15) is 27.7 Å². The molecule has 54 nitrogen and oxygen atoms in total. The van der Waals surface area contributed by atoms with Crippen molar-refractivity contribution in [1.29, 1.82) is 0 Å². The Bertz CT molecular complexity index is 3360. The van der Waals surface area contributed by atoms with Gasteiger partial charge in [-0.3, -0.25) is 28.0 Å². The van der Waals surface area contributed by atoms with Crippen molar-refractivity contribution in [2.45, 2.75) is 212 Å². The SMILES string of the molecule is CC(=O)NC1C(O)[C@H](OOS(=O)[O-])[C@@H](COS(=O)(=O)O)O[C@@H]1O[C@H]1C(C(=O)O)O[C@@H](O[C@@H]2C(NC(C)=O)[C@H](O[C@H]3C(O)C(O)[C@@H](OC4C(NC(C)=O)[C@@H](O[C@H]5C(C(=O)O)O[C@@H](C)C(O)[C@H]5O)O[C@H](COS(=O)(=O)O)[C@H]4OOS(=O)[O-])O[C@@H]3C(=O)O)OC(COS(=O)(=O)O)[C@@H]2OOS(=O)[O-])C(O)[C@H]1O. The van der Waals surface area contributed by atoms with Crippen LogP contribution >= 0.6 is 0 Å². The molecule has 596 valence electrons. The molecule has 6 aliphatic heterocycles. The monoisotopic (exact) mass is 1630 g/mol. The van der Waals surface area contributed by atoms with Gasteiger partial charge in [0, 0.05) is 20.8 Å². The standard InChI is InChI=1S/C43H67N3O51S6/c1-8-18(50)20(52)30(33(81-8)36(57)58)88-40-16(45-10(3)48)28(26(93-96-99(65)66)13(83-40)6-79-102(72,73)74)85-43-24(56)22(54)32(35(91-43)38(61)62)89-41-17(46-11(4)49)29(27(94-97-100(67)68)14(84-41)7-80-103(75,76)77)86-42-23(55)21(53)31(34(90-42)37(59)60)87-39-15(44-9(2)47)19(51)25(92-95-98(63)64)12(82-39)5-78-101(69,70)71/h8,12-35,39-43,50-56H,5-7H2,1-4H3,(H,44,47)(H,45,48)(H,46,49)(H,57,58)(H,59,60)(H,61,62)(H,63,64)(H,65,66)(H,67,68)(H,69,70,71)(H,72,73,74)(H,75,76,77)/p-3/t8-,12+,13+,14?,15?,16?,17?,18?,19?,20+,21+,22?,23?,24?,25+,26+,27-,28?,29+,30+,31+,32-,33?,34?,35-,39+,40+,41-,42+,43-/m0/s1. The number of hydrogen-bond donors (Lipinski definition) is 16. The topological polar surface area (TPSA) is 809 Å². The Kier molecular flexibility index (Phi) is 31.7. The number of aliphatic hydroxyl groups excluding tert-OH is 7. The number of carbonyl (C=O) groups excluding carboxylic acids is 3. The summed E-state index contributed by atoms with van der Waals surface area (Å²) in [5.41, 5.74) is 0. The number of hydrogen-bond acceptors (Lipinski definition) is 45. The molecule has 60 heteroatoms. The van der Waals surface area contributed by atoms with Crippen LogP contribution in [0.25, 0.3) is 0 Å². The highest BCUT2D eigenvalue weighted by Gasteiger charge is 2.62. The largest absolute Gasteiger partial charge is 0.748 e. The second kappa shape index (κ2) is 37.3. The van der Waals surface area contributed by atoms with Gasteiger partial charge in [0.05, 0.1) is 25.9 Å². The minimum absolute atomic E-state index is 0.656. The zero-order valence-corrected chi connectivity index (χ0v) is 56.6. The molecule has 6 aliphatic rings. The zero-order valence-electron chi connectivity index (χ0n) is 51.7. The summed E-state index contributed by atoms with van der Waals surface area (Å²) < 4.78 is 256. The van der Waals surface area contributed by atoms with E-state index in [9.17, 15) is 145 Å². The highest BCUT2D eigenvalue weighted by molar-refractivity contribution is 7.81. The summed E-state index contributed by atoms with van der Waals surface area (Å²) in [6.07, 6.45) is -69.1. The lowest BCUT2D eigenvalue weighted by Crippen LogP contribution is -2.72. The summed E-state index contributed by atoms with van der Waals surface area (Å²) in [7, 11) is -16.8. The first-order chi connectivity index (χ1) is 47.7. The van der Waals surface area contributed by atoms with Crippen LogP contribution in [0.15, 0.2) is 0 Å². The van der Waals surface area contributed by atoms with Gasteiger partial charge < -0.3 is 133 Å². The second-order valence-corrected chi connectivity index (χ2v) is 26.9. The first-order valence-electron chi connectivity index (χ1n) is 28.3. The van der Waals surface area contributed by atoms with Gasteiger partial charge in [-0.15, -0.1) is 13.0 Å². The highest BCUT2D eigenvalue weighted by Crippen LogP contribution is 2.39. The summed E-state index contributed by atoms with van der Waals surface area (Å²) in [4.78, 5) is 91.9. The Balaban J connectivity index is 1.41. The predicted octanol–water partition coefficient (Wildman–Crippen LogP) is -13.6. The molecule has 0 radical (unpaired) electrons. The van der Waals surface area contributed by atoms with Crippen LogP contribution in [-0.4, -0.2) is 356 Å². The highest BCUT2D eigenvalue weighted by atomic mass is 32.3. The summed E-state index contributed by atoms with van der Waals surface area (Å²) in [6.45, 7) is -1.52. The average molecular weight is 1630 g/mol. The zero-order chi connectivity index (χ0) is 77.4. The molecule has 103 heavy (non-hydrogen) atoms. The molecule has 0 saturated carbocycles. The minimum atomic E-state index is -5.73. The van der Waals surface area contributed by atoms with Gasteiger partial charge in [0.1, 0.15) is 144 Å². The van der Waals surface area contributed by atoms with Crippen LogP contribution in [0.3, 0.4) is 0 Å². The average Bonchev–Trinajstić information content (AvgIpc) is 0.765. The minimum Gasteiger partial charge on any atom is -0.748 e. The lowest BCUT2D eigenvalue weighted by molar-refractivity contribution is -0.400. The third-order valence-electron chi connectivity index (χ3n) is 14.9. The molecule has 3 amide bonds. The van der Waals surface area contributed by atoms with Gasteiger partial charge in [-0.05, 0) is 6.92 Å². The first-order valence-corrected chi connectivity index (χ1v) is 35.4. The van der Waals surface area contributed by atoms with Crippen LogP contribution < -0.4 is 16.0 Å². The van der Waals surface area contributed by atoms with Gasteiger partial charge in [-0.25, -0.2) is 54.2 Å². The molecule has 0 aromatic carbocycles. The fourth-order valence-electron chi connectivity index (χ4n) is 10.8. The van der Waals surface area contributed by atoms with E-state index in [0.717, 1.165) is 20.8 Å². The Morgan fingerprint density at radius 1 is 0.379 bits per heavy atom. The van der Waals surface area contributed by atoms with Crippen molar-refractivity contribution in [1.82, 2.24) is 16.0 Å². The van der Waals surface area contributed by atoms with E-state index >= 15 is 0 Å². The molecule has 0 bridgehead atoms. The molecule has 0 aromatic heterocycles. The number of nitrogens with one attached hydrogen (secondary N) is 3. The van der Waals surface area contributed by atoms with Crippen molar-refractivity contribution >= 4 is 101 Å². The van der Waals surface area contributed by atoms with Crippen molar-refractivity contribution in [3.05, 3.63) is 0 Å². The van der Waals surface area contributed by atoms with Crippen molar-refractivity contribution in [2.75, 3.05) is 19.8 Å². The Labute approximate surface area is 583 Å². The van der Waals surface area contributed by atoms with Gasteiger partial charge in [0.25, 0.3) is 0 Å². The lowest BCUT2D eigenvalue weighted by atomic mass is 9.93. The molecule has 6 fully saturated rings. The Morgan fingerprint density at radius 3 is 0.951 bits per heavy atom. The number of amides is 3. The van der Waals surface area contributed by atoms with Crippen molar-refractivity contribution in [3.63, 3.8) is 0 Å². The quantitative estimate of drug-likeness (QED) is 0.0123. The fraction of sp³-hybridized carbons (Fsp3) is 0.860. The van der Waals surface area contributed by atoms with Crippen LogP contribution in [0.5, 0.6) is 0 Å². The molecule has 0 aliphatic carbocycles. The van der Waals surface area contributed by atoms with E-state index in [4.69, 9.17) is 61.9 Å².